The number of rotatable bonds is 1. The van der Waals surface area contributed by atoms with Crippen molar-refractivity contribution in [1.29, 1.82) is 0 Å². The molecule has 2 N–H and O–H groups in total. The number of carbonyl (C=O) groups excluding carboxylic acids is 1. The Morgan fingerprint density at radius 3 is 1.88 bits per heavy atom. The fourth-order valence-corrected chi connectivity index (χ4v) is 0. The Balaban J connectivity index is -0.000000125. The summed E-state index contributed by atoms with van der Waals surface area (Å²) in [6.07, 6.45) is 0. The number of primary amides is 1. The number of amides is 1. The van der Waals surface area contributed by atoms with Crippen molar-refractivity contribution in [3.8, 4) is 0 Å². The van der Waals surface area contributed by atoms with Crippen molar-refractivity contribution in [2.75, 3.05) is 0 Å². The Kier molecular flexibility index (Phi) is 17.8. The third-order valence-corrected chi connectivity index (χ3v) is 1.04. The molecule has 2 nitrogen and oxygen atoms in total. The number of hydrogen-bond acceptors (Lipinski definition) is 2. The third kappa shape index (κ3) is 10.6. The van der Waals surface area contributed by atoms with Gasteiger partial charge >= 0.3 is 78.8 Å². The first-order valence-electron chi connectivity index (χ1n) is 1.30. The van der Waals surface area contributed by atoms with Gasteiger partial charge in [0.2, 0.25) is 0 Å². The first-order chi connectivity index (χ1) is 2.64. The molecule has 0 aliphatic carbocycles. The number of carbonyl (C=O) groups is 1. The zero-order chi connectivity index (χ0) is 5.15. The monoisotopic (exact) mass is 229 g/mol. The maximum atomic E-state index is 9.83. The van der Waals surface area contributed by atoms with E-state index in [-0.39, 0.29) is 47.2 Å². The van der Waals surface area contributed by atoms with Gasteiger partial charge in [-0.1, -0.05) is 0 Å². The van der Waals surface area contributed by atoms with Gasteiger partial charge in [0.05, 0.1) is 0 Å². The van der Waals surface area contributed by atoms with E-state index >= 15 is 0 Å². The van der Waals surface area contributed by atoms with Gasteiger partial charge in [-0.05, 0) is 0 Å². The van der Waals surface area contributed by atoms with Crippen LogP contribution in [0.2, 0.25) is 0 Å². The van der Waals surface area contributed by atoms with Crippen LogP contribution in [0.25, 0.3) is 0 Å². The molecule has 1 amide bonds. The van der Waals surface area contributed by atoms with Crippen molar-refractivity contribution in [2.24, 2.45) is 5.73 Å². The second kappa shape index (κ2) is 8.69. The Morgan fingerprint density at radius 1 is 1.75 bits per heavy atom. The molecule has 6 heteroatoms. The molecule has 0 fully saturated rings. The predicted octanol–water partition coefficient (Wildman–Crippen LogP) is -1.91. The quantitative estimate of drug-likeness (QED) is 0.399. The molecule has 0 aromatic carbocycles. The van der Waals surface area contributed by atoms with Gasteiger partial charge in [0.1, 0.15) is 0 Å². The van der Waals surface area contributed by atoms with Crippen LogP contribution < -0.4 is 5.73 Å². The summed E-state index contributed by atoms with van der Waals surface area (Å²) in [6.45, 7) is 0. The molecule has 0 aromatic heterocycles. The zero-order valence-corrected chi connectivity index (χ0v) is 7.23. The average molecular weight is 228 g/mol. The molecule has 0 radical (unpaired) electrons. The van der Waals surface area contributed by atoms with Crippen LogP contribution in [0.4, 0.5) is 0 Å². The second-order valence-corrected chi connectivity index (χ2v) is 3.26. The van der Waals surface area contributed by atoms with Crippen LogP contribution in [0.3, 0.4) is 0 Å². The van der Waals surface area contributed by atoms with Gasteiger partial charge < -0.3 is 0 Å². The molecule has 0 aliphatic heterocycles. The molecule has 0 bridgehead atoms. The van der Waals surface area contributed by atoms with E-state index in [2.05, 4.69) is 12.6 Å². The van der Waals surface area contributed by atoms with Crippen molar-refractivity contribution in [3.63, 3.8) is 0 Å². The van der Waals surface area contributed by atoms with Crippen LogP contribution in [0.5, 0.6) is 0 Å². The molecule has 0 aliphatic rings. The fourth-order valence-electron chi connectivity index (χ4n) is 0. The molecule has 0 aromatic rings. The normalized spacial score (nSPS) is 10.2. The van der Waals surface area contributed by atoms with Crippen molar-refractivity contribution < 1.29 is 4.79 Å². The first-order valence-corrected chi connectivity index (χ1v) is 2.90. The summed E-state index contributed by atoms with van der Waals surface area (Å²) in [4.78, 5) is 9.83. The van der Waals surface area contributed by atoms with E-state index in [0.717, 1.165) is 0 Å². The van der Waals surface area contributed by atoms with Crippen molar-refractivity contribution in [1.82, 2.24) is 0 Å². The summed E-state index contributed by atoms with van der Waals surface area (Å²) in [7, 11) is 0. The van der Waals surface area contributed by atoms with E-state index in [1.54, 1.807) is 0 Å². The van der Waals surface area contributed by atoms with Gasteiger partial charge in [-0.25, -0.2) is 0 Å². The minimum atomic E-state index is -0.404. The number of nitrogens with two attached hydrogens (primary N) is 1. The van der Waals surface area contributed by atoms with E-state index in [1.165, 1.54) is 0 Å². The van der Waals surface area contributed by atoms with Crippen LogP contribution >= 0.6 is 26.1 Å². The molecule has 0 heterocycles. The Bertz CT molecular complexity index is 71.1. The fraction of sp³-hybridized carbons (Fsp3) is 0.500. The minimum absolute atomic E-state index is 0. The van der Waals surface area contributed by atoms with Crippen LogP contribution in [0, 0.1) is 0 Å². The van der Waals surface area contributed by atoms with Gasteiger partial charge in [-0.15, -0.1) is 0 Å². The average Bonchev–Trinajstić information content (AvgIpc) is 1.36. The molecule has 1 unspecified atom stereocenters. The molecule has 0 saturated heterocycles. The van der Waals surface area contributed by atoms with E-state index in [9.17, 15) is 4.79 Å². The Morgan fingerprint density at radius 2 is 1.88 bits per heavy atom. The molecular formula is C2H8NNaOS2Se. The molecule has 46 valence electrons. The molecule has 8 heavy (non-hydrogen) atoms. The summed E-state index contributed by atoms with van der Waals surface area (Å²) >= 11 is 5.72. The van der Waals surface area contributed by atoms with E-state index in [1.807, 2.05) is 16.0 Å². The summed E-state index contributed by atoms with van der Waals surface area (Å²) in [5.74, 6) is -0.404. The predicted molar refractivity (Wildman–Crippen MR) is 46.6 cm³/mol. The number of thiol groups is 1. The zero-order valence-electron chi connectivity index (χ0n) is 3.46. The molecule has 0 spiro atoms. The third-order valence-electron chi connectivity index (χ3n) is 0.254. The van der Waals surface area contributed by atoms with E-state index in [0.29, 0.717) is 0 Å². The van der Waals surface area contributed by atoms with Crippen LogP contribution in [-0.4, -0.2) is 55.6 Å². The topological polar surface area (TPSA) is 43.1 Å². The Hall–Kier alpha value is 1.69. The van der Waals surface area contributed by atoms with E-state index in [4.69, 9.17) is 5.73 Å². The first kappa shape index (κ1) is 16.3. The Labute approximate surface area is 91.3 Å². The van der Waals surface area contributed by atoms with Crippen molar-refractivity contribution in [3.05, 3.63) is 0 Å². The van der Waals surface area contributed by atoms with Gasteiger partial charge in [0.15, 0.2) is 0 Å². The molecule has 0 rings (SSSR count). The van der Waals surface area contributed by atoms with Crippen LogP contribution in [0.1, 0.15) is 0 Å². The van der Waals surface area contributed by atoms with Crippen molar-refractivity contribution >= 4 is 77.6 Å². The van der Waals surface area contributed by atoms with Gasteiger partial charge in [-0.2, -0.15) is 13.5 Å². The van der Waals surface area contributed by atoms with Gasteiger partial charge in [0, 0.05) is 0 Å². The van der Waals surface area contributed by atoms with Gasteiger partial charge in [-0.3, -0.25) is 0 Å². The van der Waals surface area contributed by atoms with E-state index < -0.39 is 5.91 Å². The van der Waals surface area contributed by atoms with Crippen molar-refractivity contribution in [2.45, 2.75) is 4.15 Å². The van der Waals surface area contributed by atoms with Gasteiger partial charge in [0.25, 0.3) is 0 Å². The van der Waals surface area contributed by atoms with Crippen LogP contribution in [-0.2, 0) is 4.79 Å². The summed E-state index contributed by atoms with van der Waals surface area (Å²) in [6, 6.07) is 0. The summed E-state index contributed by atoms with van der Waals surface area (Å²) < 4.78 is -0.377. The maximum absolute atomic E-state index is 9.83. The molecular weight excluding hydrogens is 220 g/mol. The SMILES string of the molecule is NC(=O)C(S)[SeH].S.[NaH]. The second-order valence-electron chi connectivity index (χ2n) is 0.776. The molecule has 0 saturated carbocycles. The standard InChI is InChI=1S/C2H5NOSSe.Na.H2S.H/c3-1(4)2(5)6;;;/h2,5-6H,(H2,3,4);;1H2;. The summed E-state index contributed by atoms with van der Waals surface area (Å²) in [5, 5.41) is 0. The summed E-state index contributed by atoms with van der Waals surface area (Å²) in [5.41, 5.74) is 4.70. The number of hydrogen-bond donors (Lipinski definition) is 2. The molecule has 1 atom stereocenters. The van der Waals surface area contributed by atoms with Crippen LogP contribution in [0.15, 0.2) is 0 Å².